The molecule has 5 heteroatoms. The predicted molar refractivity (Wildman–Crippen MR) is 48.5 cm³/mol. The van der Waals surface area contributed by atoms with Crippen LogP contribution in [0.4, 0.5) is 0 Å². The van der Waals surface area contributed by atoms with Gasteiger partial charge in [-0.25, -0.2) is 0 Å². The van der Waals surface area contributed by atoms with Crippen molar-refractivity contribution in [2.24, 2.45) is 5.90 Å². The molecule has 0 heterocycles. The van der Waals surface area contributed by atoms with Crippen LogP contribution in [0.3, 0.4) is 0 Å². The first kappa shape index (κ1) is 10.8. The Kier molecular flexibility index (Phi) is 4.61. The van der Waals surface area contributed by atoms with Crippen molar-refractivity contribution in [1.29, 1.82) is 0 Å². The number of hydrogen-bond acceptors (Lipinski definition) is 2. The quantitative estimate of drug-likeness (QED) is 0.730. The Morgan fingerprint density at radius 3 is 1.91 bits per heavy atom. The fraction of sp³-hybridized carbons (Fsp3) is 0. The monoisotopic (exact) mass is 213 g/mol. The van der Waals surface area contributed by atoms with E-state index in [2.05, 4.69) is 4.84 Å². The summed E-state index contributed by atoms with van der Waals surface area (Å²) >= 11 is 11.2. The van der Waals surface area contributed by atoms with Crippen LogP contribution in [0, 0.1) is 0 Å². The van der Waals surface area contributed by atoms with Gasteiger partial charge in [-0.2, -0.15) is 5.90 Å². The molecule has 0 amide bonds. The average Bonchev–Trinajstić information content (AvgIpc) is 1.85. The molecule has 0 radical (unpaired) electrons. The molecule has 0 aliphatic carbocycles. The summed E-state index contributed by atoms with van der Waals surface area (Å²) in [4.78, 5) is 4.41. The van der Waals surface area contributed by atoms with Gasteiger partial charge in [-0.3, -0.25) is 0 Å². The van der Waals surface area contributed by atoms with Crippen molar-refractivity contribution in [2.45, 2.75) is 0 Å². The van der Waals surface area contributed by atoms with Gasteiger partial charge in [0.05, 0.1) is 0 Å². The highest BCUT2D eigenvalue weighted by molar-refractivity contribution is 6.34. The smallest absolute Gasteiger partial charge is 0.149 e. The number of rotatable bonds is 1. The molecule has 11 heavy (non-hydrogen) atoms. The molecule has 0 aliphatic rings. The van der Waals surface area contributed by atoms with E-state index in [4.69, 9.17) is 29.1 Å². The van der Waals surface area contributed by atoms with Gasteiger partial charge in [-0.05, 0) is 6.07 Å². The summed E-state index contributed by atoms with van der Waals surface area (Å²) in [7, 11) is 0. The molecule has 2 N–H and O–H groups in total. The lowest BCUT2D eigenvalue weighted by atomic mass is 10.3. The maximum Gasteiger partial charge on any atom is 0.149 e. The summed E-state index contributed by atoms with van der Waals surface area (Å²) in [5.74, 6) is 5.33. The lowest BCUT2D eigenvalue weighted by Crippen LogP contribution is -2.01. The second kappa shape index (κ2) is 4.67. The molecule has 2 nitrogen and oxygen atoms in total. The number of nitrogens with two attached hydrogens (primary N) is 1. The van der Waals surface area contributed by atoms with Crippen LogP contribution in [0.5, 0.6) is 5.75 Å². The van der Waals surface area contributed by atoms with E-state index in [-0.39, 0.29) is 12.4 Å². The van der Waals surface area contributed by atoms with Crippen LogP contribution >= 0.6 is 35.6 Å². The SMILES string of the molecule is Cl.NOc1cc(Cl)cc(Cl)c1. The van der Waals surface area contributed by atoms with Crippen molar-refractivity contribution >= 4 is 35.6 Å². The molecule has 0 aliphatic heterocycles. The van der Waals surface area contributed by atoms with Crippen molar-refractivity contribution in [3.63, 3.8) is 0 Å². The van der Waals surface area contributed by atoms with Crippen LogP contribution in [-0.2, 0) is 0 Å². The minimum Gasteiger partial charge on any atom is -0.411 e. The molecular weight excluding hydrogens is 208 g/mol. The third-order valence-electron chi connectivity index (χ3n) is 0.972. The zero-order chi connectivity index (χ0) is 7.56. The van der Waals surface area contributed by atoms with Gasteiger partial charge >= 0.3 is 0 Å². The van der Waals surface area contributed by atoms with E-state index in [9.17, 15) is 0 Å². The van der Waals surface area contributed by atoms with Crippen molar-refractivity contribution < 1.29 is 4.84 Å². The first-order valence-corrected chi connectivity index (χ1v) is 3.31. The summed E-state index contributed by atoms with van der Waals surface area (Å²) in [6.07, 6.45) is 0. The molecular formula is C6H6Cl3NO. The Morgan fingerprint density at radius 1 is 1.09 bits per heavy atom. The zero-order valence-corrected chi connectivity index (χ0v) is 7.71. The van der Waals surface area contributed by atoms with Crippen LogP contribution in [0.2, 0.25) is 10.0 Å². The normalized spacial score (nSPS) is 8.64. The lowest BCUT2D eigenvalue weighted by Gasteiger charge is -1.98. The van der Waals surface area contributed by atoms with Crippen molar-refractivity contribution in [3.8, 4) is 5.75 Å². The lowest BCUT2D eigenvalue weighted by molar-refractivity contribution is 0.334. The fourth-order valence-corrected chi connectivity index (χ4v) is 1.10. The minimum atomic E-state index is 0. The molecule has 0 atom stereocenters. The Morgan fingerprint density at radius 2 is 1.55 bits per heavy atom. The summed E-state index contributed by atoms with van der Waals surface area (Å²) < 4.78 is 0. The van der Waals surface area contributed by atoms with Gasteiger partial charge < -0.3 is 4.84 Å². The number of halogens is 3. The molecule has 0 aromatic heterocycles. The van der Waals surface area contributed by atoms with E-state index in [1.165, 1.54) is 0 Å². The third-order valence-corrected chi connectivity index (χ3v) is 1.41. The van der Waals surface area contributed by atoms with E-state index in [1.54, 1.807) is 18.2 Å². The van der Waals surface area contributed by atoms with Crippen LogP contribution in [0.1, 0.15) is 0 Å². The first-order valence-electron chi connectivity index (χ1n) is 2.55. The third kappa shape index (κ3) is 3.16. The van der Waals surface area contributed by atoms with Crippen molar-refractivity contribution in [3.05, 3.63) is 28.2 Å². The minimum absolute atomic E-state index is 0. The van der Waals surface area contributed by atoms with Crippen LogP contribution in [0.15, 0.2) is 18.2 Å². The van der Waals surface area contributed by atoms with Gasteiger partial charge in [-0.15, -0.1) is 12.4 Å². The predicted octanol–water partition coefficient (Wildman–Crippen LogP) is 2.67. The van der Waals surface area contributed by atoms with Gasteiger partial charge in [0.25, 0.3) is 0 Å². The molecule has 0 saturated heterocycles. The van der Waals surface area contributed by atoms with Gasteiger partial charge in [0.15, 0.2) is 0 Å². The highest BCUT2D eigenvalue weighted by Crippen LogP contribution is 2.22. The molecule has 0 fully saturated rings. The second-order valence-corrected chi connectivity index (χ2v) is 2.60. The van der Waals surface area contributed by atoms with Gasteiger partial charge in [0.1, 0.15) is 5.75 Å². The van der Waals surface area contributed by atoms with E-state index in [0.717, 1.165) is 0 Å². The second-order valence-electron chi connectivity index (χ2n) is 1.72. The topological polar surface area (TPSA) is 35.2 Å². The molecule has 0 unspecified atom stereocenters. The van der Waals surface area contributed by atoms with Crippen LogP contribution < -0.4 is 10.7 Å². The highest BCUT2D eigenvalue weighted by atomic mass is 35.5. The standard InChI is InChI=1S/C6H5Cl2NO.ClH/c7-4-1-5(8)3-6(2-4)10-9;/h1-3H,9H2;1H. The van der Waals surface area contributed by atoms with Gasteiger partial charge in [-0.1, -0.05) is 23.2 Å². The maximum atomic E-state index is 5.61. The first-order chi connectivity index (χ1) is 4.72. The van der Waals surface area contributed by atoms with E-state index < -0.39 is 0 Å². The molecule has 0 saturated carbocycles. The Hall–Kier alpha value is -0.150. The summed E-state index contributed by atoms with van der Waals surface area (Å²) in [5.41, 5.74) is 0. The van der Waals surface area contributed by atoms with E-state index in [1.807, 2.05) is 0 Å². The number of benzene rings is 1. The maximum absolute atomic E-state index is 5.61. The Balaban J connectivity index is 0.000001000. The molecule has 1 rings (SSSR count). The highest BCUT2D eigenvalue weighted by Gasteiger charge is 1.96. The fourth-order valence-electron chi connectivity index (χ4n) is 0.597. The number of hydrogen-bond donors (Lipinski definition) is 1. The molecule has 0 spiro atoms. The molecule has 0 bridgehead atoms. The van der Waals surface area contributed by atoms with Gasteiger partial charge in [0, 0.05) is 22.2 Å². The molecule has 62 valence electrons. The zero-order valence-electron chi connectivity index (χ0n) is 5.38. The molecule has 1 aromatic carbocycles. The average molecular weight is 214 g/mol. The van der Waals surface area contributed by atoms with Crippen LogP contribution in [-0.4, -0.2) is 0 Å². The largest absolute Gasteiger partial charge is 0.411 e. The Labute approximate surface area is 80.6 Å². The van der Waals surface area contributed by atoms with E-state index in [0.29, 0.717) is 15.8 Å². The molecule has 1 aromatic rings. The van der Waals surface area contributed by atoms with Crippen LogP contribution in [0.25, 0.3) is 0 Å². The van der Waals surface area contributed by atoms with Crippen molar-refractivity contribution in [1.82, 2.24) is 0 Å². The van der Waals surface area contributed by atoms with E-state index >= 15 is 0 Å². The summed E-state index contributed by atoms with van der Waals surface area (Å²) in [5, 5.41) is 1.01. The van der Waals surface area contributed by atoms with Crippen molar-refractivity contribution in [2.75, 3.05) is 0 Å². The summed E-state index contributed by atoms with van der Waals surface area (Å²) in [6.45, 7) is 0. The Bertz CT molecular complexity index is 221. The summed E-state index contributed by atoms with van der Waals surface area (Å²) in [6, 6.07) is 4.76. The van der Waals surface area contributed by atoms with Gasteiger partial charge in [0.2, 0.25) is 0 Å².